The number of hydrogen-bond acceptors (Lipinski definition) is 3. The highest BCUT2D eigenvalue weighted by atomic mass is 79.9. The van der Waals surface area contributed by atoms with E-state index in [1.807, 2.05) is 24.3 Å². The van der Waals surface area contributed by atoms with E-state index in [1.165, 1.54) is 5.56 Å². The molecule has 0 aromatic heterocycles. The van der Waals surface area contributed by atoms with Gasteiger partial charge in [-0.05, 0) is 42.6 Å². The molecular weight excluding hydrogens is 390 g/mol. The fraction of sp³-hybridized carbons (Fsp3) is 0.333. The van der Waals surface area contributed by atoms with Crippen LogP contribution in [-0.4, -0.2) is 41.2 Å². The standard InChI is InChI=1S/C21H22BrN3O/c22-18-9-4-8-17(14-18)20-10-5-12-24(20)15-21(26)25-13-11-19(23-25)16-6-2-1-3-7-16/h1-4,6-9,14,20H,5,10-13,15H2/t20-/m0/s1. The van der Waals surface area contributed by atoms with Crippen molar-refractivity contribution >= 4 is 27.5 Å². The number of halogens is 1. The molecule has 2 heterocycles. The van der Waals surface area contributed by atoms with Crippen molar-refractivity contribution in [3.8, 4) is 0 Å². The van der Waals surface area contributed by atoms with E-state index in [9.17, 15) is 4.79 Å². The average Bonchev–Trinajstić information content (AvgIpc) is 3.32. The third kappa shape index (κ3) is 3.74. The second-order valence-corrected chi connectivity index (χ2v) is 7.78. The van der Waals surface area contributed by atoms with Gasteiger partial charge in [-0.3, -0.25) is 9.69 Å². The first kappa shape index (κ1) is 17.4. The van der Waals surface area contributed by atoms with Gasteiger partial charge < -0.3 is 0 Å². The molecule has 134 valence electrons. The number of carbonyl (C=O) groups excluding carboxylic acids is 1. The molecule has 5 heteroatoms. The molecule has 0 spiro atoms. The van der Waals surface area contributed by atoms with Gasteiger partial charge in [0, 0.05) is 16.9 Å². The van der Waals surface area contributed by atoms with Gasteiger partial charge in [-0.15, -0.1) is 0 Å². The molecule has 1 amide bonds. The molecule has 4 nitrogen and oxygen atoms in total. The zero-order chi connectivity index (χ0) is 17.9. The summed E-state index contributed by atoms with van der Waals surface area (Å²) in [6.07, 6.45) is 3.05. The minimum Gasteiger partial charge on any atom is -0.287 e. The predicted molar refractivity (Wildman–Crippen MR) is 107 cm³/mol. The lowest BCUT2D eigenvalue weighted by molar-refractivity contribution is -0.132. The topological polar surface area (TPSA) is 35.9 Å². The summed E-state index contributed by atoms with van der Waals surface area (Å²) < 4.78 is 1.09. The van der Waals surface area contributed by atoms with E-state index in [-0.39, 0.29) is 5.91 Å². The summed E-state index contributed by atoms with van der Waals surface area (Å²) in [6, 6.07) is 18.9. The molecule has 0 bridgehead atoms. The number of benzene rings is 2. The highest BCUT2D eigenvalue weighted by Crippen LogP contribution is 2.33. The zero-order valence-electron chi connectivity index (χ0n) is 14.6. The molecule has 0 saturated carbocycles. The van der Waals surface area contributed by atoms with Crippen molar-refractivity contribution in [2.75, 3.05) is 19.6 Å². The summed E-state index contributed by atoms with van der Waals surface area (Å²) in [5.41, 5.74) is 3.39. The first-order chi connectivity index (χ1) is 12.7. The molecule has 0 aliphatic carbocycles. The second-order valence-electron chi connectivity index (χ2n) is 6.86. The Morgan fingerprint density at radius 1 is 1.12 bits per heavy atom. The van der Waals surface area contributed by atoms with Crippen LogP contribution in [0.3, 0.4) is 0 Å². The maximum absolute atomic E-state index is 12.8. The van der Waals surface area contributed by atoms with Crippen molar-refractivity contribution in [2.24, 2.45) is 5.10 Å². The van der Waals surface area contributed by atoms with Crippen LogP contribution in [0.4, 0.5) is 0 Å². The predicted octanol–water partition coefficient (Wildman–Crippen LogP) is 4.22. The van der Waals surface area contributed by atoms with E-state index in [0.29, 0.717) is 19.1 Å². The second kappa shape index (κ2) is 7.72. The Morgan fingerprint density at radius 2 is 1.96 bits per heavy atom. The number of carbonyl (C=O) groups is 1. The van der Waals surface area contributed by atoms with Crippen LogP contribution in [0.5, 0.6) is 0 Å². The maximum atomic E-state index is 12.8. The van der Waals surface area contributed by atoms with E-state index in [1.54, 1.807) is 5.01 Å². The van der Waals surface area contributed by atoms with Gasteiger partial charge in [0.2, 0.25) is 0 Å². The molecule has 2 aliphatic rings. The first-order valence-corrected chi connectivity index (χ1v) is 9.93. The number of amides is 1. The van der Waals surface area contributed by atoms with Crippen molar-refractivity contribution < 1.29 is 4.79 Å². The number of rotatable bonds is 4. The van der Waals surface area contributed by atoms with E-state index in [2.05, 4.69) is 56.3 Å². The van der Waals surface area contributed by atoms with Crippen LogP contribution in [0, 0.1) is 0 Å². The van der Waals surface area contributed by atoms with Crippen LogP contribution in [0.25, 0.3) is 0 Å². The fourth-order valence-electron chi connectivity index (χ4n) is 3.83. The van der Waals surface area contributed by atoms with Gasteiger partial charge in [0.05, 0.1) is 18.8 Å². The molecule has 0 unspecified atom stereocenters. The Morgan fingerprint density at radius 3 is 2.77 bits per heavy atom. The van der Waals surface area contributed by atoms with Crippen LogP contribution in [0.15, 0.2) is 64.2 Å². The first-order valence-electron chi connectivity index (χ1n) is 9.13. The lowest BCUT2D eigenvalue weighted by Gasteiger charge is -2.25. The molecule has 0 radical (unpaired) electrons. The highest BCUT2D eigenvalue weighted by molar-refractivity contribution is 9.10. The molecule has 4 rings (SSSR count). The average molecular weight is 412 g/mol. The van der Waals surface area contributed by atoms with E-state index in [4.69, 9.17) is 0 Å². The quantitative estimate of drug-likeness (QED) is 0.754. The lowest BCUT2D eigenvalue weighted by atomic mass is 10.0. The summed E-state index contributed by atoms with van der Waals surface area (Å²) in [5.74, 6) is 0.0952. The van der Waals surface area contributed by atoms with Crippen molar-refractivity contribution in [1.29, 1.82) is 0 Å². The highest BCUT2D eigenvalue weighted by Gasteiger charge is 2.30. The van der Waals surface area contributed by atoms with Gasteiger partial charge in [0.25, 0.3) is 5.91 Å². The van der Waals surface area contributed by atoms with Gasteiger partial charge in [-0.1, -0.05) is 58.4 Å². The van der Waals surface area contributed by atoms with Crippen LogP contribution in [0.1, 0.15) is 36.4 Å². The largest absolute Gasteiger partial charge is 0.287 e. The normalized spacial score (nSPS) is 20.4. The van der Waals surface area contributed by atoms with Gasteiger partial charge in [-0.25, -0.2) is 5.01 Å². The van der Waals surface area contributed by atoms with E-state index < -0.39 is 0 Å². The molecule has 26 heavy (non-hydrogen) atoms. The maximum Gasteiger partial charge on any atom is 0.256 e. The zero-order valence-corrected chi connectivity index (χ0v) is 16.2. The molecule has 2 aliphatic heterocycles. The molecule has 1 atom stereocenters. The molecule has 2 aromatic rings. The Labute approximate surface area is 162 Å². The Bertz CT molecular complexity index is 821. The summed E-state index contributed by atoms with van der Waals surface area (Å²) in [5, 5.41) is 6.23. The van der Waals surface area contributed by atoms with E-state index >= 15 is 0 Å². The van der Waals surface area contributed by atoms with Crippen LogP contribution >= 0.6 is 15.9 Å². The van der Waals surface area contributed by atoms with Crippen LogP contribution < -0.4 is 0 Å². The molecule has 1 fully saturated rings. The molecule has 1 saturated heterocycles. The lowest BCUT2D eigenvalue weighted by Crippen LogP contribution is -2.36. The van der Waals surface area contributed by atoms with Gasteiger partial charge in [0.1, 0.15) is 0 Å². The molecular formula is C21H22BrN3O. The third-order valence-corrected chi connectivity index (χ3v) is 5.63. The summed E-state index contributed by atoms with van der Waals surface area (Å²) in [4.78, 5) is 15.1. The Balaban J connectivity index is 1.44. The Hall–Kier alpha value is -1.98. The van der Waals surface area contributed by atoms with Crippen LogP contribution in [-0.2, 0) is 4.79 Å². The third-order valence-electron chi connectivity index (χ3n) is 5.13. The monoisotopic (exact) mass is 411 g/mol. The van der Waals surface area contributed by atoms with Crippen molar-refractivity contribution in [2.45, 2.75) is 25.3 Å². The van der Waals surface area contributed by atoms with Gasteiger partial charge in [0.15, 0.2) is 0 Å². The van der Waals surface area contributed by atoms with Crippen LogP contribution in [0.2, 0.25) is 0 Å². The molecule has 0 N–H and O–H groups in total. The van der Waals surface area contributed by atoms with E-state index in [0.717, 1.165) is 41.6 Å². The fourth-order valence-corrected chi connectivity index (χ4v) is 4.25. The Kier molecular flexibility index (Phi) is 5.18. The summed E-state index contributed by atoms with van der Waals surface area (Å²) in [6.45, 7) is 2.08. The number of hydrazone groups is 1. The van der Waals surface area contributed by atoms with Gasteiger partial charge >= 0.3 is 0 Å². The minimum absolute atomic E-state index is 0.0952. The number of hydrogen-bond donors (Lipinski definition) is 0. The van der Waals surface area contributed by atoms with Crippen molar-refractivity contribution in [3.05, 3.63) is 70.2 Å². The summed E-state index contributed by atoms with van der Waals surface area (Å²) >= 11 is 3.55. The van der Waals surface area contributed by atoms with Crippen molar-refractivity contribution in [3.63, 3.8) is 0 Å². The SMILES string of the molecule is O=C(CN1CCC[C@H]1c1cccc(Br)c1)N1CCC(c2ccccc2)=N1. The minimum atomic E-state index is 0.0952. The van der Waals surface area contributed by atoms with Gasteiger partial charge in [-0.2, -0.15) is 5.10 Å². The number of nitrogens with zero attached hydrogens (tertiary/aromatic N) is 3. The molecule has 2 aromatic carbocycles. The number of likely N-dealkylation sites (tertiary alicyclic amines) is 1. The summed E-state index contributed by atoms with van der Waals surface area (Å²) in [7, 11) is 0. The smallest absolute Gasteiger partial charge is 0.256 e. The van der Waals surface area contributed by atoms with Crippen molar-refractivity contribution in [1.82, 2.24) is 9.91 Å².